The Morgan fingerprint density at radius 2 is 2.05 bits per heavy atom. The van der Waals surface area contributed by atoms with Gasteiger partial charge in [-0.2, -0.15) is 0 Å². The van der Waals surface area contributed by atoms with Crippen molar-refractivity contribution in [1.82, 2.24) is 24.7 Å². The van der Waals surface area contributed by atoms with Crippen LogP contribution in [0.15, 0.2) is 43.0 Å². The predicted octanol–water partition coefficient (Wildman–Crippen LogP) is 1.21. The molecule has 0 amide bonds. The molecule has 3 rings (SSSR count). The van der Waals surface area contributed by atoms with Crippen molar-refractivity contribution in [2.24, 2.45) is 0 Å². The Kier molecular flexibility index (Phi) is 2.99. The fourth-order valence-corrected chi connectivity index (χ4v) is 1.71. The fraction of sp³-hybridized carbons (Fsp3) is 0. The lowest BCUT2D eigenvalue weighted by atomic mass is 10.2. The van der Waals surface area contributed by atoms with E-state index in [4.69, 9.17) is 5.73 Å². The molecule has 9 nitrogen and oxygen atoms in total. The first kappa shape index (κ1) is 12.7. The molecule has 1 aromatic carbocycles. The lowest BCUT2D eigenvalue weighted by Crippen LogP contribution is -2.01. The first-order valence-electron chi connectivity index (χ1n) is 5.88. The first-order chi connectivity index (χ1) is 10.1. The van der Waals surface area contributed by atoms with Crippen LogP contribution in [0.1, 0.15) is 0 Å². The summed E-state index contributed by atoms with van der Waals surface area (Å²) in [4.78, 5) is 22.4. The number of nitrogens with two attached hydrogens (primary N) is 1. The third kappa shape index (κ3) is 2.52. The first-order valence-corrected chi connectivity index (χ1v) is 5.88. The van der Waals surface area contributed by atoms with Crippen LogP contribution >= 0.6 is 0 Å². The maximum absolute atomic E-state index is 10.8. The van der Waals surface area contributed by atoms with Crippen LogP contribution in [-0.4, -0.2) is 29.7 Å². The Morgan fingerprint density at radius 1 is 1.19 bits per heavy atom. The average molecular weight is 283 g/mol. The fourth-order valence-electron chi connectivity index (χ4n) is 1.71. The van der Waals surface area contributed by atoms with Crippen LogP contribution in [0.25, 0.3) is 17.2 Å². The molecule has 0 fully saturated rings. The molecule has 0 spiro atoms. The van der Waals surface area contributed by atoms with Gasteiger partial charge in [-0.3, -0.25) is 10.1 Å². The Hall–Kier alpha value is -3.36. The van der Waals surface area contributed by atoms with E-state index in [-0.39, 0.29) is 5.69 Å². The molecule has 0 saturated carbocycles. The molecule has 0 saturated heterocycles. The quantitative estimate of drug-likeness (QED) is 0.565. The second-order valence-electron chi connectivity index (χ2n) is 4.12. The number of benzene rings is 1. The van der Waals surface area contributed by atoms with Gasteiger partial charge in [-0.15, -0.1) is 5.10 Å². The zero-order chi connectivity index (χ0) is 14.8. The Balaban J connectivity index is 1.96. The molecule has 21 heavy (non-hydrogen) atoms. The standard InChI is InChI=1S/C12H9N7O2/c13-10-5-15-11(6-14-10)18-7-16-12(17-18)8-2-1-3-9(4-8)19(20)21/h1-7H,(H2,13,14). The maximum Gasteiger partial charge on any atom is 0.270 e. The molecule has 0 aliphatic rings. The molecule has 0 bridgehead atoms. The molecule has 0 aliphatic heterocycles. The molecule has 2 N–H and O–H groups in total. The Morgan fingerprint density at radius 3 is 2.76 bits per heavy atom. The van der Waals surface area contributed by atoms with Crippen LogP contribution in [0.3, 0.4) is 0 Å². The smallest absolute Gasteiger partial charge is 0.270 e. The third-order valence-corrected chi connectivity index (χ3v) is 2.70. The van der Waals surface area contributed by atoms with Gasteiger partial charge in [0.1, 0.15) is 12.1 Å². The van der Waals surface area contributed by atoms with Crippen LogP contribution in [0, 0.1) is 10.1 Å². The number of nitrogens with zero attached hydrogens (tertiary/aromatic N) is 6. The van der Waals surface area contributed by atoms with Crippen molar-refractivity contribution in [2.75, 3.05) is 5.73 Å². The summed E-state index contributed by atoms with van der Waals surface area (Å²) in [5.41, 5.74) is 5.99. The SMILES string of the molecule is Nc1cnc(-n2cnc(-c3cccc([N+](=O)[O-])c3)n2)cn1. The van der Waals surface area contributed by atoms with Gasteiger partial charge < -0.3 is 5.73 Å². The minimum absolute atomic E-state index is 0.0175. The number of nitro benzene ring substituents is 1. The van der Waals surface area contributed by atoms with Crippen LogP contribution in [0.5, 0.6) is 0 Å². The second-order valence-corrected chi connectivity index (χ2v) is 4.12. The molecular formula is C12H9N7O2. The summed E-state index contributed by atoms with van der Waals surface area (Å²) in [6.07, 6.45) is 4.32. The molecule has 2 aromatic heterocycles. The van der Waals surface area contributed by atoms with Crippen molar-refractivity contribution in [3.63, 3.8) is 0 Å². The predicted molar refractivity (Wildman–Crippen MR) is 73.5 cm³/mol. The molecule has 0 unspecified atom stereocenters. The molecule has 2 heterocycles. The van der Waals surface area contributed by atoms with Crippen LogP contribution in [0.2, 0.25) is 0 Å². The highest BCUT2D eigenvalue weighted by molar-refractivity contribution is 5.58. The van der Waals surface area contributed by atoms with Crippen LogP contribution in [-0.2, 0) is 0 Å². The summed E-state index contributed by atoms with van der Waals surface area (Å²) in [6.45, 7) is 0. The molecule has 104 valence electrons. The van der Waals surface area contributed by atoms with E-state index in [1.54, 1.807) is 12.1 Å². The summed E-state index contributed by atoms with van der Waals surface area (Å²) in [7, 11) is 0. The number of non-ortho nitro benzene ring substituents is 1. The molecule has 9 heteroatoms. The number of aromatic nitrogens is 5. The van der Waals surface area contributed by atoms with E-state index in [9.17, 15) is 10.1 Å². The minimum atomic E-state index is -0.466. The number of hydrogen-bond donors (Lipinski definition) is 1. The van der Waals surface area contributed by atoms with Gasteiger partial charge in [0.05, 0.1) is 17.3 Å². The minimum Gasteiger partial charge on any atom is -0.382 e. The van der Waals surface area contributed by atoms with Gasteiger partial charge in [-0.1, -0.05) is 12.1 Å². The average Bonchev–Trinajstić information content (AvgIpc) is 2.98. The van der Waals surface area contributed by atoms with E-state index in [2.05, 4.69) is 20.1 Å². The van der Waals surface area contributed by atoms with Gasteiger partial charge in [0.15, 0.2) is 11.6 Å². The number of anilines is 1. The summed E-state index contributed by atoms with van der Waals surface area (Å²) >= 11 is 0. The molecule has 0 radical (unpaired) electrons. The Bertz CT molecular complexity index is 797. The van der Waals surface area contributed by atoms with Crippen molar-refractivity contribution in [2.45, 2.75) is 0 Å². The second kappa shape index (κ2) is 4.96. The summed E-state index contributed by atoms with van der Waals surface area (Å²) in [5.74, 6) is 1.11. The lowest BCUT2D eigenvalue weighted by molar-refractivity contribution is -0.384. The third-order valence-electron chi connectivity index (χ3n) is 2.70. The number of hydrogen-bond acceptors (Lipinski definition) is 7. The van der Waals surface area contributed by atoms with Gasteiger partial charge >= 0.3 is 0 Å². The highest BCUT2D eigenvalue weighted by atomic mass is 16.6. The van der Waals surface area contributed by atoms with Gasteiger partial charge in [0.25, 0.3) is 5.69 Å². The highest BCUT2D eigenvalue weighted by Gasteiger charge is 2.11. The van der Waals surface area contributed by atoms with Gasteiger partial charge in [0, 0.05) is 17.7 Å². The van der Waals surface area contributed by atoms with Gasteiger partial charge in [-0.05, 0) is 0 Å². The Labute approximate surface area is 118 Å². The van der Waals surface area contributed by atoms with Crippen molar-refractivity contribution in [3.8, 4) is 17.2 Å². The van der Waals surface area contributed by atoms with E-state index in [0.717, 1.165) is 0 Å². The van der Waals surface area contributed by atoms with Crippen molar-refractivity contribution >= 4 is 11.5 Å². The van der Waals surface area contributed by atoms with E-state index in [1.165, 1.54) is 35.5 Å². The van der Waals surface area contributed by atoms with Gasteiger partial charge in [0.2, 0.25) is 0 Å². The largest absolute Gasteiger partial charge is 0.382 e. The van der Waals surface area contributed by atoms with E-state index in [0.29, 0.717) is 23.0 Å². The summed E-state index contributed by atoms with van der Waals surface area (Å²) in [5, 5.41) is 15.0. The number of nitrogen functional groups attached to an aromatic ring is 1. The summed E-state index contributed by atoms with van der Waals surface area (Å²) in [6, 6.07) is 6.10. The maximum atomic E-state index is 10.8. The number of nitro groups is 1. The van der Waals surface area contributed by atoms with E-state index >= 15 is 0 Å². The van der Waals surface area contributed by atoms with Crippen LogP contribution in [0.4, 0.5) is 11.5 Å². The van der Waals surface area contributed by atoms with Crippen LogP contribution < -0.4 is 5.73 Å². The van der Waals surface area contributed by atoms with E-state index in [1.807, 2.05) is 0 Å². The topological polar surface area (TPSA) is 126 Å². The lowest BCUT2D eigenvalue weighted by Gasteiger charge is -1.98. The number of rotatable bonds is 3. The monoisotopic (exact) mass is 283 g/mol. The van der Waals surface area contributed by atoms with Crippen molar-refractivity contribution in [1.29, 1.82) is 0 Å². The van der Waals surface area contributed by atoms with E-state index < -0.39 is 4.92 Å². The molecule has 0 aliphatic carbocycles. The van der Waals surface area contributed by atoms with Crippen molar-refractivity contribution < 1.29 is 4.92 Å². The zero-order valence-corrected chi connectivity index (χ0v) is 10.6. The normalized spacial score (nSPS) is 10.5. The zero-order valence-electron chi connectivity index (χ0n) is 10.6. The molecule has 3 aromatic rings. The van der Waals surface area contributed by atoms with Crippen molar-refractivity contribution in [3.05, 3.63) is 53.1 Å². The molecular weight excluding hydrogens is 274 g/mol. The molecule has 0 atom stereocenters. The summed E-state index contributed by atoms with van der Waals surface area (Å²) < 4.78 is 1.42. The van der Waals surface area contributed by atoms with Gasteiger partial charge in [-0.25, -0.2) is 19.6 Å². The highest BCUT2D eigenvalue weighted by Crippen LogP contribution is 2.20.